The number of carbonyl (C=O) groups is 6. The van der Waals surface area contributed by atoms with Crippen LogP contribution in [0.2, 0.25) is 0 Å². The van der Waals surface area contributed by atoms with Crippen molar-refractivity contribution >= 4 is 101 Å². The topological polar surface area (TPSA) is 179 Å². The molecule has 0 unspecified atom stereocenters. The minimum atomic E-state index is -0.361. The van der Waals surface area contributed by atoms with Crippen LogP contribution in [0.1, 0.15) is 41.5 Å². The van der Waals surface area contributed by atoms with Crippen LogP contribution in [-0.2, 0) is 28.8 Å². The van der Waals surface area contributed by atoms with E-state index in [1.165, 1.54) is 41.5 Å². The zero-order valence-electron chi connectivity index (χ0n) is 20.1. The van der Waals surface area contributed by atoms with E-state index in [0.29, 0.717) is 13.1 Å². The third-order valence-corrected chi connectivity index (χ3v) is 1.12. The van der Waals surface area contributed by atoms with Crippen LogP contribution in [0.5, 0.6) is 0 Å². The SMILES string of the molecule is CC(=O)Cl.CC(=O)Cl.CC(=O)Cl.CC(=O)Cl.CC(=O)Cl.CC(=O)Cl.NCCNCCNCCN. The summed E-state index contributed by atoms with van der Waals surface area (Å²) < 4.78 is 0. The molecule has 10 nitrogen and oxygen atoms in total. The second kappa shape index (κ2) is 49.7. The summed E-state index contributed by atoms with van der Waals surface area (Å²) in [6.07, 6.45) is 0. The summed E-state index contributed by atoms with van der Waals surface area (Å²) in [6.45, 7) is 12.9. The van der Waals surface area contributed by atoms with Gasteiger partial charge in [0, 0.05) is 80.8 Å². The van der Waals surface area contributed by atoms with Crippen LogP contribution in [0.15, 0.2) is 0 Å². The van der Waals surface area contributed by atoms with E-state index in [2.05, 4.69) is 80.2 Å². The Morgan fingerprint density at radius 2 is 0.559 bits per heavy atom. The number of rotatable bonds is 7. The van der Waals surface area contributed by atoms with Gasteiger partial charge in [-0.25, -0.2) is 0 Å². The van der Waals surface area contributed by atoms with Crippen LogP contribution in [-0.4, -0.2) is 70.7 Å². The molecule has 16 heteroatoms. The monoisotopic (exact) mass is 614 g/mol. The summed E-state index contributed by atoms with van der Waals surface area (Å²) >= 11 is 27.8. The Hall–Kier alpha value is -0.400. The molecule has 0 aliphatic heterocycles. The van der Waals surface area contributed by atoms with Gasteiger partial charge in [-0.1, -0.05) is 0 Å². The first-order chi connectivity index (χ1) is 15.3. The maximum Gasteiger partial charge on any atom is 0.218 e. The van der Waals surface area contributed by atoms with Gasteiger partial charge in [-0.05, 0) is 69.6 Å². The molecule has 0 heterocycles. The standard InChI is InChI=1S/C6H18N4.6C2H3ClO/c7-1-3-9-5-6-10-4-2-8;6*1-2(3)4/h9-10H,1-8H2;6*1H3. The fourth-order valence-electron chi connectivity index (χ4n) is 0.631. The molecule has 6 N–H and O–H groups in total. The Morgan fingerprint density at radius 1 is 0.441 bits per heavy atom. The average Bonchev–Trinajstić information content (AvgIpc) is 2.55. The molecule has 0 atom stereocenters. The van der Waals surface area contributed by atoms with Crippen LogP contribution >= 0.6 is 69.6 Å². The van der Waals surface area contributed by atoms with Crippen LogP contribution in [0.25, 0.3) is 0 Å². The van der Waals surface area contributed by atoms with Gasteiger partial charge in [-0.3, -0.25) is 28.8 Å². The summed E-state index contributed by atoms with van der Waals surface area (Å²) in [5, 5.41) is 4.16. The minimum absolute atomic E-state index is 0.361. The highest BCUT2D eigenvalue weighted by Gasteiger charge is 1.83. The van der Waals surface area contributed by atoms with Gasteiger partial charge in [-0.15, -0.1) is 0 Å². The van der Waals surface area contributed by atoms with E-state index >= 15 is 0 Å². The molecule has 0 spiro atoms. The molecule has 0 aromatic carbocycles. The van der Waals surface area contributed by atoms with Gasteiger partial charge in [0.25, 0.3) is 0 Å². The van der Waals surface area contributed by atoms with Crippen LogP contribution in [0, 0.1) is 0 Å². The lowest BCUT2D eigenvalue weighted by atomic mass is 10.5. The van der Waals surface area contributed by atoms with E-state index in [9.17, 15) is 28.8 Å². The van der Waals surface area contributed by atoms with Crippen molar-refractivity contribution < 1.29 is 28.8 Å². The average molecular weight is 617 g/mol. The number of nitrogens with one attached hydrogen (secondary N) is 2. The second-order valence-electron chi connectivity index (χ2n) is 4.90. The van der Waals surface area contributed by atoms with Gasteiger partial charge >= 0.3 is 0 Å². The first-order valence-electron chi connectivity index (χ1n) is 9.09. The molecular formula is C18H36Cl6N4O6. The largest absolute Gasteiger partial charge is 0.329 e. The predicted octanol–water partition coefficient (Wildman–Crippen LogP) is 2.71. The number of halogens is 6. The Kier molecular flexibility index (Phi) is 73.7. The van der Waals surface area contributed by atoms with Crippen molar-refractivity contribution in [1.82, 2.24) is 10.6 Å². The summed E-state index contributed by atoms with van der Waals surface area (Å²) in [5.41, 5.74) is 10.5. The summed E-state index contributed by atoms with van der Waals surface area (Å²) in [6, 6.07) is 0. The molecule has 0 aliphatic carbocycles. The van der Waals surface area contributed by atoms with Gasteiger partial charge < -0.3 is 22.1 Å². The van der Waals surface area contributed by atoms with E-state index in [1.54, 1.807) is 0 Å². The maximum absolute atomic E-state index is 9.21. The Balaban J connectivity index is -0.0000000526. The fraction of sp³-hybridized carbons (Fsp3) is 0.667. The number of nitrogens with two attached hydrogens (primary N) is 2. The van der Waals surface area contributed by atoms with Gasteiger partial charge in [0.15, 0.2) is 0 Å². The van der Waals surface area contributed by atoms with Crippen molar-refractivity contribution in [1.29, 1.82) is 0 Å². The van der Waals surface area contributed by atoms with Gasteiger partial charge in [-0.2, -0.15) is 0 Å². The third kappa shape index (κ3) is 679. The fourth-order valence-corrected chi connectivity index (χ4v) is 0.631. The normalized spacial score (nSPS) is 7.59. The van der Waals surface area contributed by atoms with Crippen molar-refractivity contribution in [2.24, 2.45) is 11.5 Å². The number of hydrogen-bond acceptors (Lipinski definition) is 10. The maximum atomic E-state index is 9.21. The Morgan fingerprint density at radius 3 is 0.647 bits per heavy atom. The molecule has 0 radical (unpaired) electrons. The Bertz CT molecular complexity index is 390. The molecule has 0 amide bonds. The third-order valence-electron chi connectivity index (χ3n) is 1.12. The molecule has 0 aromatic heterocycles. The molecule has 0 saturated carbocycles. The van der Waals surface area contributed by atoms with Crippen LogP contribution < -0.4 is 22.1 Å². The first-order valence-corrected chi connectivity index (χ1v) is 11.4. The van der Waals surface area contributed by atoms with E-state index in [1.807, 2.05) is 0 Å². The zero-order valence-corrected chi connectivity index (χ0v) is 24.7. The van der Waals surface area contributed by atoms with Crippen LogP contribution in [0.3, 0.4) is 0 Å². The first kappa shape index (κ1) is 50.5. The molecule has 206 valence electrons. The highest BCUT2D eigenvalue weighted by Crippen LogP contribution is 1.69. The molecule has 0 fully saturated rings. The lowest BCUT2D eigenvalue weighted by Gasteiger charge is -2.03. The van der Waals surface area contributed by atoms with Crippen molar-refractivity contribution in [3.05, 3.63) is 0 Å². The van der Waals surface area contributed by atoms with E-state index in [0.717, 1.165) is 26.2 Å². The van der Waals surface area contributed by atoms with Crippen molar-refractivity contribution in [3.63, 3.8) is 0 Å². The number of hydrogen-bond donors (Lipinski definition) is 4. The zero-order chi connectivity index (χ0) is 29.1. The van der Waals surface area contributed by atoms with Crippen molar-refractivity contribution in [2.45, 2.75) is 41.5 Å². The highest BCUT2D eigenvalue weighted by molar-refractivity contribution is 6.64. The van der Waals surface area contributed by atoms with Gasteiger partial charge in [0.2, 0.25) is 31.5 Å². The number of carbonyl (C=O) groups excluding carboxylic acids is 6. The molecule has 0 aliphatic rings. The van der Waals surface area contributed by atoms with E-state index in [4.69, 9.17) is 11.5 Å². The molecule has 0 saturated heterocycles. The quantitative estimate of drug-likeness (QED) is 0.245. The summed E-state index contributed by atoms with van der Waals surface area (Å²) in [7, 11) is 0. The summed E-state index contributed by atoms with van der Waals surface area (Å²) in [5.74, 6) is 0. The van der Waals surface area contributed by atoms with Gasteiger partial charge in [0.1, 0.15) is 0 Å². The molecular weight excluding hydrogens is 581 g/mol. The summed E-state index contributed by atoms with van der Waals surface area (Å²) in [4.78, 5) is 55.3. The molecule has 0 rings (SSSR count). The predicted molar refractivity (Wildman–Crippen MR) is 143 cm³/mol. The lowest BCUT2D eigenvalue weighted by Crippen LogP contribution is -2.32. The smallest absolute Gasteiger partial charge is 0.218 e. The molecule has 0 aromatic rings. The van der Waals surface area contributed by atoms with Crippen molar-refractivity contribution in [2.75, 3.05) is 39.3 Å². The van der Waals surface area contributed by atoms with Crippen LogP contribution in [0.4, 0.5) is 0 Å². The molecule has 34 heavy (non-hydrogen) atoms. The van der Waals surface area contributed by atoms with E-state index < -0.39 is 0 Å². The van der Waals surface area contributed by atoms with E-state index in [-0.39, 0.29) is 31.5 Å². The lowest BCUT2D eigenvalue weighted by molar-refractivity contribution is -0.110. The molecule has 0 bridgehead atoms. The highest BCUT2D eigenvalue weighted by atomic mass is 35.5. The van der Waals surface area contributed by atoms with Crippen molar-refractivity contribution in [3.8, 4) is 0 Å². The second-order valence-corrected chi connectivity index (χ2v) is 8.09. The van der Waals surface area contributed by atoms with Gasteiger partial charge in [0.05, 0.1) is 0 Å². The Labute approximate surface area is 232 Å². The minimum Gasteiger partial charge on any atom is -0.329 e.